The molecular formula is C16H15BrCl2O2. The first-order valence-electron chi connectivity index (χ1n) is 6.50. The fraction of sp³-hybridized carbons (Fsp3) is 0.250. The van der Waals surface area contributed by atoms with Gasteiger partial charge in [0.2, 0.25) is 0 Å². The molecule has 2 rings (SSSR count). The van der Waals surface area contributed by atoms with Crippen molar-refractivity contribution in [3.8, 4) is 5.75 Å². The molecule has 0 spiro atoms. The van der Waals surface area contributed by atoms with Crippen molar-refractivity contribution in [2.45, 2.75) is 20.0 Å². The van der Waals surface area contributed by atoms with Crippen LogP contribution in [0.5, 0.6) is 5.75 Å². The summed E-state index contributed by atoms with van der Waals surface area (Å²) in [6.07, 6.45) is -0.834. The summed E-state index contributed by atoms with van der Waals surface area (Å²) in [5.41, 5.74) is 2.33. The van der Waals surface area contributed by atoms with Gasteiger partial charge in [0.05, 0.1) is 16.7 Å². The van der Waals surface area contributed by atoms with E-state index in [4.69, 9.17) is 27.9 Å². The maximum Gasteiger partial charge on any atom is 0.139 e. The zero-order chi connectivity index (χ0) is 15.6. The largest absolute Gasteiger partial charge is 0.492 e. The first-order valence-corrected chi connectivity index (χ1v) is 8.04. The van der Waals surface area contributed by atoms with Crippen molar-refractivity contribution in [3.05, 3.63) is 61.5 Å². The maximum atomic E-state index is 10.6. The summed E-state index contributed by atoms with van der Waals surface area (Å²) in [4.78, 5) is 0. The highest BCUT2D eigenvalue weighted by atomic mass is 79.9. The smallest absolute Gasteiger partial charge is 0.139 e. The lowest BCUT2D eigenvalue weighted by Gasteiger charge is -2.17. The standard InChI is InChI=1S/C16H15BrCl2O2/c1-3-21-15-8-13(18)12(7-14(15)19)16(20)11-5-4-10(17)6-9(11)2/h4-8,16,20H,3H2,1-2H3. The topological polar surface area (TPSA) is 29.5 Å². The van der Waals surface area contributed by atoms with Gasteiger partial charge >= 0.3 is 0 Å². The van der Waals surface area contributed by atoms with E-state index in [2.05, 4.69) is 15.9 Å². The second-order valence-corrected chi connectivity index (χ2v) is 6.37. The molecule has 21 heavy (non-hydrogen) atoms. The van der Waals surface area contributed by atoms with Crippen LogP contribution in [0.1, 0.15) is 29.7 Å². The normalized spacial score (nSPS) is 12.3. The lowest BCUT2D eigenvalue weighted by Crippen LogP contribution is -2.04. The van der Waals surface area contributed by atoms with E-state index in [0.29, 0.717) is 28.0 Å². The molecule has 2 aromatic carbocycles. The lowest BCUT2D eigenvalue weighted by molar-refractivity contribution is 0.219. The second-order valence-electron chi connectivity index (χ2n) is 4.64. The minimum atomic E-state index is -0.834. The summed E-state index contributed by atoms with van der Waals surface area (Å²) in [6, 6.07) is 8.99. The van der Waals surface area contributed by atoms with Crippen LogP contribution in [-0.4, -0.2) is 11.7 Å². The molecular weight excluding hydrogens is 375 g/mol. The van der Waals surface area contributed by atoms with E-state index >= 15 is 0 Å². The third-order valence-electron chi connectivity index (χ3n) is 3.17. The second kappa shape index (κ2) is 7.01. The average Bonchev–Trinajstić information content (AvgIpc) is 2.42. The first-order chi connectivity index (χ1) is 9.93. The summed E-state index contributed by atoms with van der Waals surface area (Å²) >= 11 is 15.8. The molecule has 0 aliphatic carbocycles. The number of hydrogen-bond donors (Lipinski definition) is 1. The quantitative estimate of drug-likeness (QED) is 0.743. The van der Waals surface area contributed by atoms with Crippen LogP contribution in [-0.2, 0) is 0 Å². The number of aliphatic hydroxyl groups excluding tert-OH is 1. The Bertz CT molecular complexity index is 659. The third kappa shape index (κ3) is 3.72. The molecule has 2 nitrogen and oxygen atoms in total. The molecule has 0 aliphatic rings. The van der Waals surface area contributed by atoms with E-state index < -0.39 is 6.10 Å². The van der Waals surface area contributed by atoms with Crippen molar-refractivity contribution in [2.75, 3.05) is 6.61 Å². The summed E-state index contributed by atoms with van der Waals surface area (Å²) in [6.45, 7) is 4.31. The van der Waals surface area contributed by atoms with Gasteiger partial charge in [-0.05, 0) is 43.2 Å². The summed E-state index contributed by atoms with van der Waals surface area (Å²) in [5.74, 6) is 0.521. The fourth-order valence-electron chi connectivity index (χ4n) is 2.13. The number of rotatable bonds is 4. The fourth-order valence-corrected chi connectivity index (χ4v) is 3.09. The monoisotopic (exact) mass is 388 g/mol. The van der Waals surface area contributed by atoms with Crippen molar-refractivity contribution in [3.63, 3.8) is 0 Å². The van der Waals surface area contributed by atoms with E-state index in [1.165, 1.54) is 0 Å². The number of ether oxygens (including phenoxy) is 1. The Morgan fingerprint density at radius 3 is 2.48 bits per heavy atom. The van der Waals surface area contributed by atoms with E-state index in [9.17, 15) is 5.11 Å². The van der Waals surface area contributed by atoms with Crippen LogP contribution in [0, 0.1) is 6.92 Å². The molecule has 1 unspecified atom stereocenters. The van der Waals surface area contributed by atoms with Gasteiger partial charge in [0, 0.05) is 16.1 Å². The van der Waals surface area contributed by atoms with Gasteiger partial charge in [0.15, 0.2) is 0 Å². The van der Waals surface area contributed by atoms with Crippen LogP contribution < -0.4 is 4.74 Å². The van der Waals surface area contributed by atoms with E-state index in [-0.39, 0.29) is 0 Å². The van der Waals surface area contributed by atoms with Crippen LogP contribution in [0.15, 0.2) is 34.8 Å². The highest BCUT2D eigenvalue weighted by Crippen LogP contribution is 2.37. The molecule has 2 aromatic rings. The number of halogens is 3. The molecule has 0 radical (unpaired) electrons. The molecule has 0 amide bonds. The third-order valence-corrected chi connectivity index (χ3v) is 4.29. The Balaban J connectivity index is 2.43. The number of aryl methyl sites for hydroxylation is 1. The van der Waals surface area contributed by atoms with Gasteiger partial charge in [-0.3, -0.25) is 0 Å². The molecule has 0 saturated heterocycles. The summed E-state index contributed by atoms with van der Waals surface area (Å²) in [7, 11) is 0. The van der Waals surface area contributed by atoms with Crippen LogP contribution >= 0.6 is 39.1 Å². The Morgan fingerprint density at radius 2 is 1.86 bits per heavy atom. The minimum absolute atomic E-state index is 0.428. The zero-order valence-electron chi connectivity index (χ0n) is 11.7. The molecule has 0 fully saturated rings. The molecule has 0 bridgehead atoms. The van der Waals surface area contributed by atoms with Crippen molar-refractivity contribution in [2.24, 2.45) is 0 Å². The highest BCUT2D eigenvalue weighted by molar-refractivity contribution is 9.10. The minimum Gasteiger partial charge on any atom is -0.492 e. The van der Waals surface area contributed by atoms with Crippen LogP contribution in [0.25, 0.3) is 0 Å². The van der Waals surface area contributed by atoms with E-state index in [1.807, 2.05) is 32.0 Å². The van der Waals surface area contributed by atoms with Gasteiger partial charge in [0.25, 0.3) is 0 Å². The highest BCUT2D eigenvalue weighted by Gasteiger charge is 2.18. The lowest BCUT2D eigenvalue weighted by atomic mass is 9.97. The van der Waals surface area contributed by atoms with Crippen LogP contribution in [0.3, 0.4) is 0 Å². The summed E-state index contributed by atoms with van der Waals surface area (Å²) in [5, 5.41) is 11.5. The molecule has 0 saturated carbocycles. The van der Waals surface area contributed by atoms with Gasteiger partial charge in [-0.25, -0.2) is 0 Å². The maximum absolute atomic E-state index is 10.6. The van der Waals surface area contributed by atoms with Gasteiger partial charge in [-0.1, -0.05) is 45.2 Å². The average molecular weight is 390 g/mol. The Kier molecular flexibility index (Phi) is 5.55. The predicted octanol–water partition coefficient (Wildman–Crippen LogP) is 5.54. The molecule has 1 atom stereocenters. The van der Waals surface area contributed by atoms with Crippen LogP contribution in [0.2, 0.25) is 10.0 Å². The summed E-state index contributed by atoms with van der Waals surface area (Å²) < 4.78 is 6.36. The Hall–Kier alpha value is -0.740. The molecule has 112 valence electrons. The molecule has 5 heteroatoms. The first kappa shape index (κ1) is 16.6. The molecule has 0 aliphatic heterocycles. The SMILES string of the molecule is CCOc1cc(Cl)c(C(O)c2ccc(Br)cc2C)cc1Cl. The molecule has 1 N–H and O–H groups in total. The Labute approximate surface area is 142 Å². The van der Waals surface area contributed by atoms with Gasteiger partial charge in [-0.15, -0.1) is 0 Å². The molecule has 0 heterocycles. The predicted molar refractivity (Wildman–Crippen MR) is 90.6 cm³/mol. The van der Waals surface area contributed by atoms with Gasteiger partial charge in [0.1, 0.15) is 11.9 Å². The van der Waals surface area contributed by atoms with E-state index in [0.717, 1.165) is 15.6 Å². The Morgan fingerprint density at radius 1 is 1.14 bits per heavy atom. The van der Waals surface area contributed by atoms with E-state index in [1.54, 1.807) is 12.1 Å². The van der Waals surface area contributed by atoms with Crippen molar-refractivity contribution < 1.29 is 9.84 Å². The van der Waals surface area contributed by atoms with Crippen molar-refractivity contribution >= 4 is 39.1 Å². The number of benzene rings is 2. The number of aliphatic hydroxyl groups is 1. The van der Waals surface area contributed by atoms with Crippen molar-refractivity contribution in [1.29, 1.82) is 0 Å². The van der Waals surface area contributed by atoms with Gasteiger partial charge < -0.3 is 9.84 Å². The zero-order valence-corrected chi connectivity index (χ0v) is 14.8. The van der Waals surface area contributed by atoms with Gasteiger partial charge in [-0.2, -0.15) is 0 Å². The van der Waals surface area contributed by atoms with Crippen molar-refractivity contribution in [1.82, 2.24) is 0 Å². The van der Waals surface area contributed by atoms with Crippen LogP contribution in [0.4, 0.5) is 0 Å². The number of hydrogen-bond acceptors (Lipinski definition) is 2. The molecule has 0 aromatic heterocycles.